The van der Waals surface area contributed by atoms with E-state index in [0.717, 1.165) is 23.9 Å². The largest absolute Gasteiger partial charge is 0.460 e. The highest BCUT2D eigenvalue weighted by Crippen LogP contribution is 2.44. The fourth-order valence-electron chi connectivity index (χ4n) is 4.13. The van der Waals surface area contributed by atoms with Crippen LogP contribution in [0.15, 0.2) is 89.9 Å². The zero-order chi connectivity index (χ0) is 30.3. The number of nitrogens with one attached hydrogen (secondary N) is 1. The molecule has 2 aromatic carbocycles. The number of nitrogens with zero attached hydrogens (tertiary/aromatic N) is 2. The lowest BCUT2D eigenvalue weighted by atomic mass is 10.1. The Bertz CT molecular complexity index is 1510. The Balaban J connectivity index is 1.55. The van der Waals surface area contributed by atoms with Gasteiger partial charge in [0.05, 0.1) is 0 Å². The van der Waals surface area contributed by atoms with E-state index >= 15 is 8.78 Å². The second-order valence-corrected chi connectivity index (χ2v) is 15.3. The highest BCUT2D eigenvalue weighted by molar-refractivity contribution is 6.79. The smallest absolute Gasteiger partial charge is 0.351 e. The van der Waals surface area contributed by atoms with Crippen molar-refractivity contribution >= 4 is 38.1 Å². The third kappa shape index (κ3) is 8.08. The van der Waals surface area contributed by atoms with E-state index in [9.17, 15) is 14.4 Å². The van der Waals surface area contributed by atoms with Gasteiger partial charge in [0.1, 0.15) is 26.8 Å². The fourth-order valence-corrected chi connectivity index (χ4v) is 5.03. The molecule has 0 aliphatic carbocycles. The van der Waals surface area contributed by atoms with Gasteiger partial charge in [0.2, 0.25) is 6.23 Å². The molecule has 220 valence electrons. The summed E-state index contributed by atoms with van der Waals surface area (Å²) in [5.74, 6) is -5.51. The molecule has 0 saturated carbocycles. The Labute approximate surface area is 242 Å². The number of esters is 2. The maximum absolute atomic E-state index is 15.8. The molecule has 1 aliphatic heterocycles. The van der Waals surface area contributed by atoms with Gasteiger partial charge in [-0.3, -0.25) is 4.57 Å². The van der Waals surface area contributed by atoms with Crippen molar-refractivity contribution < 1.29 is 32.6 Å². The van der Waals surface area contributed by atoms with Gasteiger partial charge < -0.3 is 19.2 Å². The van der Waals surface area contributed by atoms with Gasteiger partial charge in [-0.1, -0.05) is 80.3 Å². The SMILES string of the molecule is C[Si](C)(C)Nc1ccn([C@@H]2O[C@H](COC(=O)C=Cc3ccccc3)C(OC(=O)C=Cc3ccccc3)C2(F)F)c(=O)n1. The molecule has 3 atom stereocenters. The molecule has 9 nitrogen and oxygen atoms in total. The quantitative estimate of drug-likeness (QED) is 0.200. The van der Waals surface area contributed by atoms with Crippen LogP contribution < -0.4 is 10.7 Å². The van der Waals surface area contributed by atoms with Crippen LogP contribution >= 0.6 is 0 Å². The molecule has 0 bridgehead atoms. The van der Waals surface area contributed by atoms with Gasteiger partial charge >= 0.3 is 23.6 Å². The van der Waals surface area contributed by atoms with E-state index in [-0.39, 0.29) is 5.82 Å². The third-order valence-corrected chi connectivity index (χ3v) is 7.00. The summed E-state index contributed by atoms with van der Waals surface area (Å²) >= 11 is 0. The number of anilines is 1. The monoisotopic (exact) mass is 595 g/mol. The van der Waals surface area contributed by atoms with Crippen LogP contribution in [0.2, 0.25) is 19.6 Å². The number of benzene rings is 2. The van der Waals surface area contributed by atoms with Crippen molar-refractivity contribution in [3.63, 3.8) is 0 Å². The number of hydrogen-bond acceptors (Lipinski definition) is 8. The van der Waals surface area contributed by atoms with Crippen LogP contribution in [0.25, 0.3) is 12.2 Å². The first-order valence-electron chi connectivity index (χ1n) is 13.2. The molecule has 1 unspecified atom stereocenters. The van der Waals surface area contributed by atoms with Crippen molar-refractivity contribution in [2.45, 2.75) is 44.0 Å². The summed E-state index contributed by atoms with van der Waals surface area (Å²) in [6.07, 6.45) is 0.280. The second kappa shape index (κ2) is 13.0. The van der Waals surface area contributed by atoms with Crippen molar-refractivity contribution in [1.82, 2.24) is 9.55 Å². The number of hydrogen-bond donors (Lipinski definition) is 1. The third-order valence-electron chi connectivity index (χ3n) is 5.99. The topological polar surface area (TPSA) is 109 Å². The molecular formula is C30H31F2N3O6Si. The van der Waals surface area contributed by atoms with Crippen molar-refractivity contribution in [3.8, 4) is 0 Å². The van der Waals surface area contributed by atoms with Crippen molar-refractivity contribution in [3.05, 3.63) is 107 Å². The predicted molar refractivity (Wildman–Crippen MR) is 156 cm³/mol. The van der Waals surface area contributed by atoms with Crippen molar-refractivity contribution in [1.29, 1.82) is 0 Å². The summed E-state index contributed by atoms with van der Waals surface area (Å²) in [6.45, 7) is 5.30. The summed E-state index contributed by atoms with van der Waals surface area (Å²) < 4.78 is 48.1. The molecule has 1 fully saturated rings. The van der Waals surface area contributed by atoms with E-state index in [1.54, 1.807) is 54.6 Å². The maximum Gasteiger partial charge on any atom is 0.351 e. The van der Waals surface area contributed by atoms with Crippen LogP contribution in [0.5, 0.6) is 0 Å². The number of ether oxygens (including phenoxy) is 3. The van der Waals surface area contributed by atoms with Crippen molar-refractivity contribution in [2.24, 2.45) is 0 Å². The molecule has 4 rings (SSSR count). The molecular weight excluding hydrogens is 564 g/mol. The molecule has 1 aromatic heterocycles. The van der Waals surface area contributed by atoms with E-state index in [2.05, 4.69) is 9.97 Å². The zero-order valence-corrected chi connectivity index (χ0v) is 24.3. The Morgan fingerprint density at radius 1 is 0.976 bits per heavy atom. The molecule has 3 aromatic rings. The average Bonchev–Trinajstić information content (AvgIpc) is 3.18. The molecule has 1 aliphatic rings. The van der Waals surface area contributed by atoms with Gasteiger partial charge in [-0.15, -0.1) is 0 Å². The molecule has 0 spiro atoms. The minimum Gasteiger partial charge on any atom is -0.460 e. The number of halogens is 2. The molecule has 1 saturated heterocycles. The van der Waals surface area contributed by atoms with Crippen LogP contribution in [-0.2, 0) is 23.8 Å². The molecule has 0 radical (unpaired) electrons. The summed E-state index contributed by atoms with van der Waals surface area (Å²) in [5.41, 5.74) is 0.400. The first-order chi connectivity index (χ1) is 19.9. The number of carbonyl (C=O) groups is 2. The van der Waals surface area contributed by atoms with Gasteiger partial charge in [0, 0.05) is 18.3 Å². The Morgan fingerprint density at radius 2 is 1.55 bits per heavy atom. The van der Waals surface area contributed by atoms with Crippen LogP contribution in [0.1, 0.15) is 17.4 Å². The molecule has 12 heteroatoms. The number of alkyl halides is 2. The van der Waals surface area contributed by atoms with Gasteiger partial charge in [-0.25, -0.2) is 14.4 Å². The van der Waals surface area contributed by atoms with Crippen LogP contribution in [0.3, 0.4) is 0 Å². The highest BCUT2D eigenvalue weighted by Gasteiger charge is 2.62. The van der Waals surface area contributed by atoms with Gasteiger partial charge in [-0.05, 0) is 29.3 Å². The molecule has 42 heavy (non-hydrogen) atoms. The Kier molecular flexibility index (Phi) is 9.48. The minimum absolute atomic E-state index is 0.251. The maximum atomic E-state index is 15.8. The summed E-state index contributed by atoms with van der Waals surface area (Å²) in [6, 6.07) is 19.1. The second-order valence-electron chi connectivity index (χ2n) is 10.6. The van der Waals surface area contributed by atoms with E-state index in [1.165, 1.54) is 18.2 Å². The molecule has 1 N–H and O–H groups in total. The fraction of sp³-hybridized carbons (Fsp3) is 0.267. The lowest BCUT2D eigenvalue weighted by Gasteiger charge is -2.24. The van der Waals surface area contributed by atoms with E-state index < -0.39 is 56.8 Å². The Hall–Kier alpha value is -4.42. The van der Waals surface area contributed by atoms with E-state index in [0.29, 0.717) is 10.1 Å². The van der Waals surface area contributed by atoms with Gasteiger partial charge in [0.15, 0.2) is 6.10 Å². The predicted octanol–water partition coefficient (Wildman–Crippen LogP) is 4.90. The first kappa shape index (κ1) is 30.5. The highest BCUT2D eigenvalue weighted by atomic mass is 28.3. The van der Waals surface area contributed by atoms with Crippen LogP contribution in [-0.4, -0.2) is 54.5 Å². The van der Waals surface area contributed by atoms with Gasteiger partial charge in [0.25, 0.3) is 0 Å². The Morgan fingerprint density at radius 3 is 2.10 bits per heavy atom. The summed E-state index contributed by atoms with van der Waals surface area (Å²) in [5, 5.41) is 0. The average molecular weight is 596 g/mol. The standard InChI is InChI=1S/C30H31F2N3O6Si/c1-42(2,3)34-24-18-19-35(29(38)33-24)28-30(31,32)27(41-26(37)17-15-22-12-8-5-9-13-22)23(40-28)20-39-25(36)16-14-21-10-6-4-7-11-21/h4-19,23,27-28H,20H2,1-3H3,(H,33,34,38)/t23-,27?,28-/m1/s1. The lowest BCUT2D eigenvalue weighted by Crippen LogP contribution is -2.44. The van der Waals surface area contributed by atoms with Gasteiger partial charge in [-0.2, -0.15) is 13.8 Å². The number of rotatable bonds is 10. The first-order valence-corrected chi connectivity index (χ1v) is 16.7. The minimum atomic E-state index is -3.88. The lowest BCUT2D eigenvalue weighted by molar-refractivity contribution is -0.172. The van der Waals surface area contributed by atoms with Crippen LogP contribution in [0.4, 0.5) is 14.6 Å². The summed E-state index contributed by atoms with van der Waals surface area (Å²) in [4.78, 5) is 44.7. The van der Waals surface area contributed by atoms with Crippen LogP contribution in [0, 0.1) is 0 Å². The van der Waals surface area contributed by atoms with E-state index in [1.807, 2.05) is 25.7 Å². The number of aromatic nitrogens is 2. The molecule has 0 amide bonds. The zero-order valence-electron chi connectivity index (χ0n) is 23.3. The van der Waals surface area contributed by atoms with E-state index in [4.69, 9.17) is 14.2 Å². The number of carbonyl (C=O) groups excluding carboxylic acids is 2. The molecule has 2 heterocycles. The normalized spacial score (nSPS) is 20.1. The summed E-state index contributed by atoms with van der Waals surface area (Å²) in [7, 11) is -1.88. The van der Waals surface area contributed by atoms with Crippen molar-refractivity contribution in [2.75, 3.05) is 11.6 Å².